The van der Waals surface area contributed by atoms with Crippen LogP contribution < -0.4 is 5.32 Å². The lowest BCUT2D eigenvalue weighted by molar-refractivity contribution is -0.131. The van der Waals surface area contributed by atoms with Gasteiger partial charge in [0.1, 0.15) is 5.82 Å². The van der Waals surface area contributed by atoms with E-state index in [1.807, 2.05) is 7.05 Å². The summed E-state index contributed by atoms with van der Waals surface area (Å²) in [6.07, 6.45) is 5.23. The van der Waals surface area contributed by atoms with Crippen LogP contribution in [0, 0.1) is 5.92 Å². The van der Waals surface area contributed by atoms with Gasteiger partial charge in [0.25, 0.3) is 0 Å². The van der Waals surface area contributed by atoms with E-state index >= 15 is 0 Å². The van der Waals surface area contributed by atoms with Crippen molar-refractivity contribution in [1.29, 1.82) is 0 Å². The average molecular weight is 222 g/mol. The van der Waals surface area contributed by atoms with E-state index in [4.69, 9.17) is 0 Å². The molecule has 16 heavy (non-hydrogen) atoms. The van der Waals surface area contributed by atoms with Crippen LogP contribution in [0.25, 0.3) is 0 Å². The van der Waals surface area contributed by atoms with E-state index in [-0.39, 0.29) is 5.91 Å². The number of imidazole rings is 1. The summed E-state index contributed by atoms with van der Waals surface area (Å²) in [4.78, 5) is 20.7. The van der Waals surface area contributed by atoms with Crippen molar-refractivity contribution in [2.75, 3.05) is 20.1 Å². The molecular weight excluding hydrogens is 204 g/mol. The smallest absolute Gasteiger partial charge is 0.223 e. The first kappa shape index (κ1) is 11.1. The molecule has 1 fully saturated rings. The Kier molecular flexibility index (Phi) is 3.56. The van der Waals surface area contributed by atoms with E-state index in [2.05, 4.69) is 15.3 Å². The van der Waals surface area contributed by atoms with E-state index in [0.29, 0.717) is 18.9 Å². The van der Waals surface area contributed by atoms with Crippen molar-refractivity contribution in [2.24, 2.45) is 5.92 Å². The Morgan fingerprint density at radius 3 is 3.19 bits per heavy atom. The van der Waals surface area contributed by atoms with Gasteiger partial charge in [-0.25, -0.2) is 4.98 Å². The molecule has 5 heteroatoms. The van der Waals surface area contributed by atoms with E-state index in [9.17, 15) is 4.79 Å². The van der Waals surface area contributed by atoms with Crippen molar-refractivity contribution in [3.63, 3.8) is 0 Å². The van der Waals surface area contributed by atoms with Gasteiger partial charge in [-0.2, -0.15) is 0 Å². The standard InChI is InChI=1S/C11H18N4O/c1-15(8-10-13-4-5-14-10)11(16)6-9-2-3-12-7-9/h4-5,9,12H,2-3,6-8H2,1H3,(H,13,14). The Hall–Kier alpha value is -1.36. The predicted octanol–water partition coefficient (Wildman–Crippen LogP) is 0.368. The topological polar surface area (TPSA) is 61.0 Å². The van der Waals surface area contributed by atoms with Gasteiger partial charge in [0.15, 0.2) is 0 Å². The molecule has 0 bridgehead atoms. The third kappa shape index (κ3) is 2.82. The van der Waals surface area contributed by atoms with Gasteiger partial charge in [-0.3, -0.25) is 4.79 Å². The molecule has 1 atom stereocenters. The summed E-state index contributed by atoms with van der Waals surface area (Å²) in [5, 5.41) is 3.27. The summed E-state index contributed by atoms with van der Waals surface area (Å²) in [6, 6.07) is 0. The van der Waals surface area contributed by atoms with E-state index in [1.165, 1.54) is 0 Å². The summed E-state index contributed by atoms with van der Waals surface area (Å²) < 4.78 is 0. The number of rotatable bonds is 4. The number of hydrogen-bond acceptors (Lipinski definition) is 3. The van der Waals surface area contributed by atoms with Crippen LogP contribution in [-0.2, 0) is 11.3 Å². The van der Waals surface area contributed by atoms with Crippen LogP contribution >= 0.6 is 0 Å². The van der Waals surface area contributed by atoms with Crippen molar-refractivity contribution in [3.8, 4) is 0 Å². The van der Waals surface area contributed by atoms with Crippen LogP contribution in [0.5, 0.6) is 0 Å². The second kappa shape index (κ2) is 5.12. The van der Waals surface area contributed by atoms with E-state index in [1.54, 1.807) is 17.3 Å². The summed E-state index contributed by atoms with van der Waals surface area (Å²) in [5.41, 5.74) is 0. The van der Waals surface area contributed by atoms with Gasteiger partial charge in [0.05, 0.1) is 6.54 Å². The highest BCUT2D eigenvalue weighted by Crippen LogP contribution is 2.13. The molecule has 0 aromatic carbocycles. The van der Waals surface area contributed by atoms with Crippen LogP contribution in [0.1, 0.15) is 18.7 Å². The lowest BCUT2D eigenvalue weighted by atomic mass is 10.0. The fourth-order valence-corrected chi connectivity index (χ4v) is 1.99. The summed E-state index contributed by atoms with van der Waals surface area (Å²) in [7, 11) is 1.83. The molecular formula is C11H18N4O. The fraction of sp³-hybridized carbons (Fsp3) is 0.636. The maximum atomic E-state index is 11.9. The monoisotopic (exact) mass is 222 g/mol. The quantitative estimate of drug-likeness (QED) is 0.773. The van der Waals surface area contributed by atoms with Gasteiger partial charge in [-0.1, -0.05) is 0 Å². The molecule has 0 spiro atoms. The second-order valence-electron chi connectivity index (χ2n) is 4.35. The van der Waals surface area contributed by atoms with Crippen molar-refractivity contribution in [3.05, 3.63) is 18.2 Å². The van der Waals surface area contributed by atoms with E-state index < -0.39 is 0 Å². The Labute approximate surface area is 95.2 Å². The molecule has 2 N–H and O–H groups in total. The molecule has 0 radical (unpaired) electrons. The van der Waals surface area contributed by atoms with Crippen LogP contribution in [0.15, 0.2) is 12.4 Å². The Morgan fingerprint density at radius 2 is 2.56 bits per heavy atom. The minimum Gasteiger partial charge on any atom is -0.347 e. The molecule has 2 rings (SSSR count). The van der Waals surface area contributed by atoms with Crippen molar-refractivity contribution in [2.45, 2.75) is 19.4 Å². The predicted molar refractivity (Wildman–Crippen MR) is 60.7 cm³/mol. The number of aromatic nitrogens is 2. The zero-order valence-corrected chi connectivity index (χ0v) is 9.57. The minimum atomic E-state index is 0.199. The summed E-state index contributed by atoms with van der Waals surface area (Å²) in [5.74, 6) is 1.54. The Bertz CT molecular complexity index is 330. The van der Waals surface area contributed by atoms with Gasteiger partial charge in [-0.05, 0) is 25.4 Å². The molecule has 1 aliphatic heterocycles. The van der Waals surface area contributed by atoms with Gasteiger partial charge in [-0.15, -0.1) is 0 Å². The van der Waals surface area contributed by atoms with Gasteiger partial charge in [0.2, 0.25) is 5.91 Å². The summed E-state index contributed by atoms with van der Waals surface area (Å²) in [6.45, 7) is 2.58. The molecule has 1 amide bonds. The van der Waals surface area contributed by atoms with E-state index in [0.717, 1.165) is 25.3 Å². The number of carbonyl (C=O) groups is 1. The highest BCUT2D eigenvalue weighted by molar-refractivity contribution is 5.76. The molecule has 1 unspecified atom stereocenters. The zero-order chi connectivity index (χ0) is 11.4. The first-order valence-electron chi connectivity index (χ1n) is 5.68. The number of aromatic amines is 1. The molecule has 0 aliphatic carbocycles. The number of hydrogen-bond donors (Lipinski definition) is 2. The lowest BCUT2D eigenvalue weighted by Gasteiger charge is -2.17. The maximum absolute atomic E-state index is 11.9. The second-order valence-corrected chi connectivity index (χ2v) is 4.35. The molecule has 1 aromatic rings. The summed E-state index contributed by atoms with van der Waals surface area (Å²) >= 11 is 0. The third-order valence-electron chi connectivity index (χ3n) is 2.99. The number of H-pyrrole nitrogens is 1. The highest BCUT2D eigenvalue weighted by atomic mass is 16.2. The largest absolute Gasteiger partial charge is 0.347 e. The van der Waals surface area contributed by atoms with Crippen LogP contribution in [-0.4, -0.2) is 40.9 Å². The number of nitrogens with one attached hydrogen (secondary N) is 2. The molecule has 2 heterocycles. The van der Waals surface area contributed by atoms with Crippen LogP contribution in [0.4, 0.5) is 0 Å². The molecule has 0 saturated carbocycles. The van der Waals surface area contributed by atoms with Crippen LogP contribution in [0.2, 0.25) is 0 Å². The molecule has 1 aromatic heterocycles. The first-order valence-corrected chi connectivity index (χ1v) is 5.68. The third-order valence-corrected chi connectivity index (χ3v) is 2.99. The number of nitrogens with zero attached hydrogens (tertiary/aromatic N) is 2. The molecule has 88 valence electrons. The van der Waals surface area contributed by atoms with Crippen molar-refractivity contribution in [1.82, 2.24) is 20.2 Å². The molecule has 1 aliphatic rings. The highest BCUT2D eigenvalue weighted by Gasteiger charge is 2.20. The fourth-order valence-electron chi connectivity index (χ4n) is 1.99. The zero-order valence-electron chi connectivity index (χ0n) is 9.57. The lowest BCUT2D eigenvalue weighted by Crippen LogP contribution is -2.28. The minimum absolute atomic E-state index is 0.199. The first-order chi connectivity index (χ1) is 7.75. The normalized spacial score (nSPS) is 19.9. The molecule has 1 saturated heterocycles. The van der Waals surface area contributed by atoms with Crippen molar-refractivity contribution < 1.29 is 4.79 Å². The van der Waals surface area contributed by atoms with Gasteiger partial charge < -0.3 is 15.2 Å². The number of carbonyl (C=O) groups excluding carboxylic acids is 1. The molecule has 5 nitrogen and oxygen atoms in total. The Morgan fingerprint density at radius 1 is 1.69 bits per heavy atom. The van der Waals surface area contributed by atoms with Gasteiger partial charge >= 0.3 is 0 Å². The van der Waals surface area contributed by atoms with Crippen LogP contribution in [0.3, 0.4) is 0 Å². The number of amides is 1. The maximum Gasteiger partial charge on any atom is 0.223 e. The average Bonchev–Trinajstić information content (AvgIpc) is 2.90. The van der Waals surface area contributed by atoms with Crippen molar-refractivity contribution >= 4 is 5.91 Å². The SMILES string of the molecule is CN(Cc1ncc[nH]1)C(=O)CC1CCNC1. The Balaban J connectivity index is 1.79. The van der Waals surface area contributed by atoms with Gasteiger partial charge in [0, 0.05) is 25.9 Å².